The third-order valence-electron chi connectivity index (χ3n) is 10.1. The predicted molar refractivity (Wildman–Crippen MR) is 234 cm³/mol. The van der Waals surface area contributed by atoms with Crippen molar-refractivity contribution in [3.63, 3.8) is 0 Å². The molecule has 0 N–H and O–H groups in total. The molecule has 0 saturated heterocycles. The predicted octanol–water partition coefficient (Wildman–Crippen LogP) is 13.7. The summed E-state index contributed by atoms with van der Waals surface area (Å²) in [5.74, 6) is 1.03. The van der Waals surface area contributed by atoms with Crippen LogP contribution in [0.3, 0.4) is 0 Å². The zero-order valence-electron chi connectivity index (χ0n) is 37.6. The van der Waals surface area contributed by atoms with Crippen molar-refractivity contribution in [2.45, 2.75) is 0 Å². The van der Waals surface area contributed by atoms with E-state index in [1.807, 2.05) is 121 Å². The standard InChI is InChI=1S/C51H32N4S/c1-3-13-33(14-4-1)34-23-25-36(26-24-34)50-52-49(35-15-5-2-6-16-35)53-51(54-50)43-30-28-37(38-27-29-42-41-19-9-12-22-47(41)56-48(42)32-38)31-46(43)55-44-20-10-7-17-39(44)40-18-8-11-21-45(40)55/h1-32H/i7D,8D,10D,11D,17D,18D,20D,21D. The third-order valence-corrected chi connectivity index (χ3v) is 11.3. The zero-order valence-corrected chi connectivity index (χ0v) is 30.4. The van der Waals surface area contributed by atoms with Crippen LogP contribution in [0, 0.1) is 0 Å². The van der Waals surface area contributed by atoms with Crippen molar-refractivity contribution in [3.8, 4) is 62.1 Å². The van der Waals surface area contributed by atoms with Crippen LogP contribution in [0.15, 0.2) is 194 Å². The summed E-state index contributed by atoms with van der Waals surface area (Å²) in [6.07, 6.45) is 0. The van der Waals surface area contributed by atoms with Crippen LogP contribution in [0.4, 0.5) is 0 Å². The van der Waals surface area contributed by atoms with Gasteiger partial charge in [0, 0.05) is 47.6 Å². The summed E-state index contributed by atoms with van der Waals surface area (Å²) >= 11 is 1.69. The van der Waals surface area contributed by atoms with E-state index >= 15 is 0 Å². The van der Waals surface area contributed by atoms with Crippen LogP contribution in [-0.4, -0.2) is 19.5 Å². The van der Waals surface area contributed by atoms with Gasteiger partial charge in [-0.05, 0) is 58.6 Å². The Morgan fingerprint density at radius 1 is 0.393 bits per heavy atom. The summed E-state index contributed by atoms with van der Waals surface area (Å²) in [4.78, 5) is 15.1. The van der Waals surface area contributed by atoms with E-state index in [0.29, 0.717) is 22.9 Å². The van der Waals surface area contributed by atoms with Gasteiger partial charge in [0.25, 0.3) is 0 Å². The second-order valence-corrected chi connectivity index (χ2v) is 14.5. The van der Waals surface area contributed by atoms with Gasteiger partial charge in [-0.25, -0.2) is 15.0 Å². The van der Waals surface area contributed by atoms with Gasteiger partial charge in [0.2, 0.25) is 0 Å². The highest BCUT2D eigenvalue weighted by Crippen LogP contribution is 2.40. The SMILES string of the molecule is [2H]c1c([2H])c([2H])c2c(c1[2H])c1c([2H])c([2H])c([2H])c([2H])c1n2-c1cc(-c2ccc3c(c2)sc2ccccc23)ccc1-c1nc(-c2ccccc2)nc(-c2ccc(-c3ccccc3)cc2)n1. The van der Waals surface area contributed by atoms with Gasteiger partial charge in [-0.3, -0.25) is 0 Å². The molecule has 4 nitrogen and oxygen atoms in total. The Labute approximate surface area is 338 Å². The molecule has 0 saturated carbocycles. The lowest BCUT2D eigenvalue weighted by Gasteiger charge is -2.16. The van der Waals surface area contributed by atoms with Crippen molar-refractivity contribution < 1.29 is 11.0 Å². The highest BCUT2D eigenvalue weighted by atomic mass is 32.1. The van der Waals surface area contributed by atoms with Crippen LogP contribution < -0.4 is 0 Å². The molecule has 3 heterocycles. The topological polar surface area (TPSA) is 43.6 Å². The quantitative estimate of drug-likeness (QED) is 0.170. The van der Waals surface area contributed by atoms with Crippen LogP contribution in [-0.2, 0) is 0 Å². The van der Waals surface area contributed by atoms with Crippen LogP contribution in [0.25, 0.3) is 104 Å². The lowest BCUT2D eigenvalue weighted by Crippen LogP contribution is -2.04. The Kier molecular flexibility index (Phi) is 5.92. The molecule has 0 fully saturated rings. The number of fused-ring (bicyclic) bond motifs is 6. The van der Waals surface area contributed by atoms with Crippen LogP contribution >= 0.6 is 11.3 Å². The molecule has 0 atom stereocenters. The lowest BCUT2D eigenvalue weighted by molar-refractivity contribution is 1.06. The molecule has 0 radical (unpaired) electrons. The molecule has 0 bridgehead atoms. The smallest absolute Gasteiger partial charge is 0.166 e. The number of nitrogens with zero attached hydrogens (tertiary/aromatic N) is 4. The second-order valence-electron chi connectivity index (χ2n) is 13.4. The van der Waals surface area contributed by atoms with Gasteiger partial charge in [-0.15, -0.1) is 11.3 Å². The summed E-state index contributed by atoms with van der Waals surface area (Å²) in [5.41, 5.74) is 5.97. The van der Waals surface area contributed by atoms with Gasteiger partial charge in [0.15, 0.2) is 17.5 Å². The van der Waals surface area contributed by atoms with Gasteiger partial charge in [-0.1, -0.05) is 158 Å². The highest BCUT2D eigenvalue weighted by molar-refractivity contribution is 7.25. The fourth-order valence-electron chi connectivity index (χ4n) is 7.44. The number of benzene rings is 8. The number of thiophene rings is 1. The van der Waals surface area contributed by atoms with Gasteiger partial charge >= 0.3 is 0 Å². The Morgan fingerprint density at radius 3 is 1.61 bits per heavy atom. The number of aromatic nitrogens is 4. The largest absolute Gasteiger partial charge is 0.308 e. The van der Waals surface area contributed by atoms with Gasteiger partial charge < -0.3 is 4.57 Å². The molecule has 0 unspecified atom stereocenters. The van der Waals surface area contributed by atoms with Crippen LogP contribution in [0.5, 0.6) is 0 Å². The maximum Gasteiger partial charge on any atom is 0.166 e. The molecule has 262 valence electrons. The number of rotatable bonds is 6. The normalized spacial score (nSPS) is 13.6. The van der Waals surface area contributed by atoms with E-state index in [2.05, 4.69) is 24.3 Å². The van der Waals surface area contributed by atoms with Crippen molar-refractivity contribution in [1.82, 2.24) is 19.5 Å². The Balaban J connectivity index is 1.23. The summed E-state index contributed by atoms with van der Waals surface area (Å²) in [7, 11) is 0. The Hall–Kier alpha value is -7.21. The molecule has 5 heteroatoms. The summed E-state index contributed by atoms with van der Waals surface area (Å²) in [5, 5.41) is 2.25. The van der Waals surface area contributed by atoms with E-state index < -0.39 is 48.3 Å². The molecule has 0 spiro atoms. The van der Waals surface area contributed by atoms with E-state index in [1.54, 1.807) is 11.3 Å². The minimum atomic E-state index is -0.512. The average Bonchev–Trinajstić information content (AvgIpc) is 3.91. The molecule has 0 aliphatic rings. The Morgan fingerprint density at radius 2 is 0.893 bits per heavy atom. The first-order valence-corrected chi connectivity index (χ1v) is 18.9. The number of hydrogen-bond acceptors (Lipinski definition) is 4. The first kappa shape index (κ1) is 25.0. The Bertz CT molecular complexity index is 3630. The lowest BCUT2D eigenvalue weighted by atomic mass is 10.00. The van der Waals surface area contributed by atoms with E-state index in [4.69, 9.17) is 23.2 Å². The van der Waals surface area contributed by atoms with E-state index in [0.717, 1.165) is 53.6 Å². The fraction of sp³-hybridized carbons (Fsp3) is 0. The summed E-state index contributed by atoms with van der Waals surface area (Å²) in [6, 6.07) is 44.1. The van der Waals surface area contributed by atoms with Gasteiger partial charge in [0.1, 0.15) is 0 Å². The maximum atomic E-state index is 9.34. The molecular formula is C51H32N4S. The minimum absolute atomic E-state index is 0.000390. The molecule has 0 aliphatic heterocycles. The zero-order chi connectivity index (χ0) is 44.0. The summed E-state index contributed by atoms with van der Waals surface area (Å²) in [6.45, 7) is 0. The van der Waals surface area contributed by atoms with Gasteiger partial charge in [0.05, 0.1) is 27.7 Å². The van der Waals surface area contributed by atoms with Crippen molar-refractivity contribution in [2.75, 3.05) is 0 Å². The fourth-order valence-corrected chi connectivity index (χ4v) is 8.58. The van der Waals surface area contributed by atoms with Crippen LogP contribution in [0.2, 0.25) is 0 Å². The third kappa shape index (κ3) is 5.48. The van der Waals surface area contributed by atoms with E-state index in [1.165, 1.54) is 4.57 Å². The van der Waals surface area contributed by atoms with Gasteiger partial charge in [-0.2, -0.15) is 0 Å². The molecule has 0 amide bonds. The minimum Gasteiger partial charge on any atom is -0.308 e. The second kappa shape index (κ2) is 13.3. The maximum absolute atomic E-state index is 9.34. The van der Waals surface area contributed by atoms with E-state index in [-0.39, 0.29) is 27.6 Å². The molecule has 8 aromatic carbocycles. The number of para-hydroxylation sites is 2. The molecule has 11 rings (SSSR count). The first-order chi connectivity index (χ1) is 31.1. The van der Waals surface area contributed by atoms with Crippen molar-refractivity contribution in [2.24, 2.45) is 0 Å². The molecule has 3 aromatic heterocycles. The number of hydrogen-bond donors (Lipinski definition) is 0. The summed E-state index contributed by atoms with van der Waals surface area (Å²) < 4.78 is 75.6. The van der Waals surface area contributed by atoms with Crippen molar-refractivity contribution in [1.29, 1.82) is 0 Å². The molecule has 56 heavy (non-hydrogen) atoms. The van der Waals surface area contributed by atoms with Crippen molar-refractivity contribution >= 4 is 53.3 Å². The first-order valence-electron chi connectivity index (χ1n) is 22.1. The van der Waals surface area contributed by atoms with E-state index in [9.17, 15) is 2.74 Å². The molecular weight excluding hydrogens is 701 g/mol. The molecule has 11 aromatic rings. The molecule has 0 aliphatic carbocycles. The highest BCUT2D eigenvalue weighted by Gasteiger charge is 2.20. The van der Waals surface area contributed by atoms with Crippen LogP contribution in [0.1, 0.15) is 11.0 Å². The monoisotopic (exact) mass is 740 g/mol. The van der Waals surface area contributed by atoms with Crippen molar-refractivity contribution in [3.05, 3.63) is 194 Å². The average molecular weight is 741 g/mol.